The van der Waals surface area contributed by atoms with Gasteiger partial charge in [-0.1, -0.05) is 69.3 Å². The SMILES string of the molecule is CCCOC(=O)c1ccc(NC(=O)COC(=O)[C@H](C(C)C)N2C(=O)[C@@H]3C4c5ccccc5C(c5ccccc54)[C@@H]3C2=O)cc1. The van der Waals surface area contributed by atoms with E-state index >= 15 is 0 Å². The molecule has 0 unspecified atom stereocenters. The van der Waals surface area contributed by atoms with Gasteiger partial charge in [-0.15, -0.1) is 0 Å². The van der Waals surface area contributed by atoms with Gasteiger partial charge >= 0.3 is 11.9 Å². The Morgan fingerprint density at radius 2 is 1.27 bits per heavy atom. The van der Waals surface area contributed by atoms with Gasteiger partial charge in [-0.05, 0) is 58.9 Å². The second kappa shape index (κ2) is 11.7. The van der Waals surface area contributed by atoms with Gasteiger partial charge in [0, 0.05) is 17.5 Å². The number of imide groups is 1. The van der Waals surface area contributed by atoms with Crippen LogP contribution in [0, 0.1) is 17.8 Å². The summed E-state index contributed by atoms with van der Waals surface area (Å²) in [6.45, 7) is 5.11. The van der Waals surface area contributed by atoms with Crippen molar-refractivity contribution in [1.29, 1.82) is 0 Å². The van der Waals surface area contributed by atoms with Crippen molar-refractivity contribution in [3.63, 3.8) is 0 Å². The average Bonchev–Trinajstić information content (AvgIpc) is 3.29. The summed E-state index contributed by atoms with van der Waals surface area (Å²) >= 11 is 0. The van der Waals surface area contributed by atoms with E-state index in [9.17, 15) is 24.0 Å². The van der Waals surface area contributed by atoms with Crippen LogP contribution in [-0.4, -0.2) is 53.8 Å². The van der Waals surface area contributed by atoms with Crippen LogP contribution in [0.5, 0.6) is 0 Å². The molecular formula is C35H34N2O7. The minimum Gasteiger partial charge on any atom is -0.462 e. The number of anilines is 1. The second-order valence-electron chi connectivity index (χ2n) is 11.9. The smallest absolute Gasteiger partial charge is 0.338 e. The number of ether oxygens (including phenoxy) is 2. The molecule has 3 aromatic rings. The van der Waals surface area contributed by atoms with E-state index in [0.29, 0.717) is 24.3 Å². The highest BCUT2D eigenvalue weighted by Crippen LogP contribution is 2.61. The number of benzene rings is 3. The molecule has 0 saturated carbocycles. The minimum absolute atomic E-state index is 0.284. The lowest BCUT2D eigenvalue weighted by molar-refractivity contribution is -0.162. The molecule has 4 aliphatic rings. The maximum atomic E-state index is 14.1. The van der Waals surface area contributed by atoms with Gasteiger partial charge in [0.05, 0.1) is 24.0 Å². The molecule has 44 heavy (non-hydrogen) atoms. The van der Waals surface area contributed by atoms with Gasteiger partial charge in [-0.2, -0.15) is 0 Å². The van der Waals surface area contributed by atoms with Gasteiger partial charge in [0.25, 0.3) is 5.91 Å². The molecule has 1 heterocycles. The zero-order valence-electron chi connectivity index (χ0n) is 24.8. The predicted molar refractivity (Wildman–Crippen MR) is 161 cm³/mol. The first-order chi connectivity index (χ1) is 21.2. The van der Waals surface area contributed by atoms with Crippen LogP contribution in [0.3, 0.4) is 0 Å². The molecule has 1 fully saturated rings. The largest absolute Gasteiger partial charge is 0.462 e. The van der Waals surface area contributed by atoms with Gasteiger partial charge in [0.2, 0.25) is 11.8 Å². The van der Waals surface area contributed by atoms with Crippen molar-refractivity contribution >= 4 is 35.3 Å². The molecule has 3 aromatic carbocycles. The fraction of sp³-hybridized carbons (Fsp3) is 0.343. The number of carbonyl (C=O) groups excluding carboxylic acids is 5. The maximum absolute atomic E-state index is 14.1. The van der Waals surface area contributed by atoms with E-state index in [4.69, 9.17) is 9.47 Å². The number of rotatable bonds is 9. The zero-order valence-corrected chi connectivity index (χ0v) is 24.8. The first-order valence-corrected chi connectivity index (χ1v) is 15.0. The molecule has 1 aliphatic heterocycles. The number of nitrogens with zero attached hydrogens (tertiary/aromatic N) is 1. The molecule has 226 valence electrons. The maximum Gasteiger partial charge on any atom is 0.338 e. The summed E-state index contributed by atoms with van der Waals surface area (Å²) < 4.78 is 10.5. The Balaban J connectivity index is 1.17. The summed E-state index contributed by atoms with van der Waals surface area (Å²) in [5.74, 6) is -4.86. The molecule has 0 radical (unpaired) electrons. The van der Waals surface area contributed by atoms with E-state index in [1.54, 1.807) is 26.0 Å². The number of amides is 3. The number of esters is 2. The van der Waals surface area contributed by atoms with Gasteiger partial charge in [0.15, 0.2) is 6.61 Å². The highest BCUT2D eigenvalue weighted by atomic mass is 16.5. The monoisotopic (exact) mass is 594 g/mol. The Bertz CT molecular complexity index is 1530. The lowest BCUT2D eigenvalue weighted by Gasteiger charge is -2.45. The van der Waals surface area contributed by atoms with E-state index in [2.05, 4.69) is 5.32 Å². The molecule has 1 saturated heterocycles. The number of hydrogen-bond donors (Lipinski definition) is 1. The highest BCUT2D eigenvalue weighted by Gasteiger charge is 2.63. The van der Waals surface area contributed by atoms with E-state index in [1.807, 2.05) is 55.5 Å². The van der Waals surface area contributed by atoms with Crippen molar-refractivity contribution in [2.24, 2.45) is 17.8 Å². The summed E-state index contributed by atoms with van der Waals surface area (Å²) in [7, 11) is 0. The first kappa shape index (κ1) is 29.3. The van der Waals surface area contributed by atoms with Crippen molar-refractivity contribution < 1.29 is 33.4 Å². The van der Waals surface area contributed by atoms with Gasteiger partial charge in [0.1, 0.15) is 6.04 Å². The molecule has 2 bridgehead atoms. The van der Waals surface area contributed by atoms with Crippen LogP contribution in [0.1, 0.15) is 71.6 Å². The van der Waals surface area contributed by atoms with E-state index < -0.39 is 48.2 Å². The molecule has 3 amide bonds. The number of nitrogens with one attached hydrogen (secondary N) is 1. The van der Waals surface area contributed by atoms with E-state index in [1.165, 1.54) is 12.1 Å². The summed E-state index contributed by atoms with van der Waals surface area (Å²) in [4.78, 5) is 67.4. The van der Waals surface area contributed by atoms with Gasteiger partial charge < -0.3 is 14.8 Å². The predicted octanol–water partition coefficient (Wildman–Crippen LogP) is 4.65. The molecule has 0 aromatic heterocycles. The highest BCUT2D eigenvalue weighted by molar-refractivity contribution is 6.10. The van der Waals surface area contributed by atoms with Crippen LogP contribution >= 0.6 is 0 Å². The molecule has 0 spiro atoms. The Kier molecular flexibility index (Phi) is 7.80. The normalized spacial score (nSPS) is 21.8. The summed E-state index contributed by atoms with van der Waals surface area (Å²) in [5, 5.41) is 2.63. The lowest BCUT2D eigenvalue weighted by Crippen LogP contribution is -2.49. The Morgan fingerprint density at radius 3 is 1.73 bits per heavy atom. The van der Waals surface area contributed by atoms with Crippen LogP contribution in [-0.2, 0) is 28.7 Å². The third kappa shape index (κ3) is 4.86. The summed E-state index contributed by atoms with van der Waals surface area (Å²) in [6.07, 6.45) is 0.709. The van der Waals surface area contributed by atoms with Crippen molar-refractivity contribution in [2.45, 2.75) is 45.1 Å². The second-order valence-corrected chi connectivity index (χ2v) is 11.9. The number of hydrogen-bond acceptors (Lipinski definition) is 7. The van der Waals surface area contributed by atoms with Gasteiger partial charge in [-0.25, -0.2) is 9.59 Å². The quantitative estimate of drug-likeness (QED) is 0.283. The van der Waals surface area contributed by atoms with Crippen LogP contribution in [0.15, 0.2) is 72.8 Å². The molecule has 1 N–H and O–H groups in total. The molecular weight excluding hydrogens is 560 g/mol. The Hall–Kier alpha value is -4.79. The molecule has 9 heteroatoms. The van der Waals surface area contributed by atoms with E-state index in [0.717, 1.165) is 27.2 Å². The van der Waals surface area contributed by atoms with Crippen molar-refractivity contribution in [2.75, 3.05) is 18.5 Å². The topological polar surface area (TPSA) is 119 Å². The van der Waals surface area contributed by atoms with E-state index in [-0.39, 0.29) is 23.7 Å². The third-order valence-electron chi connectivity index (χ3n) is 8.82. The van der Waals surface area contributed by atoms with Crippen LogP contribution in [0.2, 0.25) is 0 Å². The fourth-order valence-electron chi connectivity index (χ4n) is 7.04. The average molecular weight is 595 g/mol. The lowest BCUT2D eigenvalue weighted by atomic mass is 9.55. The molecule has 7 rings (SSSR count). The van der Waals surface area contributed by atoms with Crippen LogP contribution in [0.4, 0.5) is 5.69 Å². The Morgan fingerprint density at radius 1 is 0.773 bits per heavy atom. The number of likely N-dealkylation sites (tertiary alicyclic amines) is 1. The Labute approximate surface area is 255 Å². The fourth-order valence-corrected chi connectivity index (χ4v) is 7.04. The minimum atomic E-state index is -1.17. The molecule has 3 aliphatic carbocycles. The van der Waals surface area contributed by atoms with Crippen molar-refractivity contribution in [1.82, 2.24) is 4.90 Å². The van der Waals surface area contributed by atoms with Crippen molar-refractivity contribution in [3.05, 3.63) is 101 Å². The standard InChI is InChI=1S/C35H34N2O7/c1-4-17-43-34(41)20-13-15-21(16-14-20)36-26(38)18-44-35(42)31(19(2)3)37-32(39)29-27-22-9-5-6-10-23(22)28(30(29)33(37)40)25-12-8-7-11-24(25)27/h5-16,19,27-31H,4,17-18H2,1-3H3,(H,36,38)/t27?,28?,29-,30+,31-/m0/s1. The molecule has 9 nitrogen and oxygen atoms in total. The summed E-state index contributed by atoms with van der Waals surface area (Å²) in [5.41, 5.74) is 4.95. The number of carbonyl (C=O) groups is 5. The van der Waals surface area contributed by atoms with Gasteiger partial charge in [-0.3, -0.25) is 19.3 Å². The third-order valence-corrected chi connectivity index (χ3v) is 8.82. The van der Waals surface area contributed by atoms with Crippen LogP contribution < -0.4 is 5.32 Å². The first-order valence-electron chi connectivity index (χ1n) is 15.0. The molecule has 3 atom stereocenters. The zero-order chi connectivity index (χ0) is 31.1. The summed E-state index contributed by atoms with van der Waals surface area (Å²) in [6, 6.07) is 20.9. The van der Waals surface area contributed by atoms with Crippen molar-refractivity contribution in [3.8, 4) is 0 Å². The van der Waals surface area contributed by atoms with Crippen LogP contribution in [0.25, 0.3) is 0 Å².